The van der Waals surface area contributed by atoms with Gasteiger partial charge in [-0.15, -0.1) is 11.8 Å². The lowest BCUT2D eigenvalue weighted by atomic mass is 10.0. The van der Waals surface area contributed by atoms with E-state index in [9.17, 15) is 9.90 Å². The molecule has 4 rings (SSSR count). The fourth-order valence-corrected chi connectivity index (χ4v) is 5.10. The number of aromatic hydroxyl groups is 1. The van der Waals surface area contributed by atoms with Crippen LogP contribution in [0.1, 0.15) is 22.8 Å². The molecule has 0 bridgehead atoms. The summed E-state index contributed by atoms with van der Waals surface area (Å²) in [6.07, 6.45) is 0.366. The Kier molecular flexibility index (Phi) is 6.48. The highest BCUT2D eigenvalue weighted by atomic mass is 32.2. The molecule has 33 heavy (non-hydrogen) atoms. The highest BCUT2D eigenvalue weighted by Crippen LogP contribution is 2.49. The number of hydrogen-bond acceptors (Lipinski definition) is 8. The van der Waals surface area contributed by atoms with Gasteiger partial charge < -0.3 is 19.3 Å². The second kappa shape index (κ2) is 9.32. The number of thioether (sulfide) groups is 1. The lowest BCUT2D eigenvalue weighted by Crippen LogP contribution is -2.23. The monoisotopic (exact) mass is 485 g/mol. The van der Waals surface area contributed by atoms with Crippen molar-refractivity contribution in [3.63, 3.8) is 0 Å². The van der Waals surface area contributed by atoms with E-state index in [1.165, 1.54) is 4.57 Å². The number of aromatic amines is 1. The standard InChI is InChI=1S/C23H23N3O5S2/c1-26-22(28)19(21(27)25-23(26)32)14-11-18(33-17-8-6-5-7-13(17)24-14)12-9-15(29-2)20(31-4)16(10-12)30-3/h5-10,18,28H,11H2,1-4H3,(H,25,27,32)/t18-/m1/s1. The van der Waals surface area contributed by atoms with Crippen LogP contribution in [-0.4, -0.2) is 41.7 Å². The normalized spacial score (nSPS) is 15.3. The van der Waals surface area contributed by atoms with E-state index in [1.54, 1.807) is 40.1 Å². The Morgan fingerprint density at radius 1 is 1.15 bits per heavy atom. The van der Waals surface area contributed by atoms with Gasteiger partial charge in [0.2, 0.25) is 11.6 Å². The maximum Gasteiger partial charge on any atom is 0.264 e. The summed E-state index contributed by atoms with van der Waals surface area (Å²) in [6, 6.07) is 11.5. The molecule has 0 saturated carbocycles. The number of ether oxygens (including phenoxy) is 3. The van der Waals surface area contributed by atoms with Crippen LogP contribution in [0, 0.1) is 4.77 Å². The van der Waals surface area contributed by atoms with Gasteiger partial charge in [-0.05, 0) is 42.0 Å². The fraction of sp³-hybridized carbons (Fsp3) is 0.261. The van der Waals surface area contributed by atoms with Crippen LogP contribution in [-0.2, 0) is 7.05 Å². The molecule has 0 radical (unpaired) electrons. The van der Waals surface area contributed by atoms with Gasteiger partial charge in [0.05, 0.1) is 32.7 Å². The van der Waals surface area contributed by atoms with Gasteiger partial charge >= 0.3 is 0 Å². The number of nitrogens with one attached hydrogen (secondary N) is 1. The summed E-state index contributed by atoms with van der Waals surface area (Å²) >= 11 is 6.73. The number of aliphatic imine (C=N–C) groups is 1. The number of nitrogens with zero attached hydrogens (tertiary/aromatic N) is 2. The number of aromatic nitrogens is 2. The Labute approximate surface area is 199 Å². The Morgan fingerprint density at radius 3 is 2.45 bits per heavy atom. The highest BCUT2D eigenvalue weighted by molar-refractivity contribution is 7.99. The second-order valence-corrected chi connectivity index (χ2v) is 8.94. The minimum Gasteiger partial charge on any atom is -0.494 e. The first-order chi connectivity index (χ1) is 15.9. The average molecular weight is 486 g/mol. The number of H-pyrrole nitrogens is 1. The summed E-state index contributed by atoms with van der Waals surface area (Å²) in [6.45, 7) is 0. The molecule has 2 N–H and O–H groups in total. The van der Waals surface area contributed by atoms with Crippen LogP contribution in [0.15, 0.2) is 51.1 Å². The minimum absolute atomic E-state index is 0.0980. The Balaban J connectivity index is 1.91. The number of para-hydroxylation sites is 1. The van der Waals surface area contributed by atoms with Crippen molar-refractivity contribution in [3.05, 3.63) is 62.6 Å². The Hall–Kier alpha value is -3.24. The molecule has 1 aromatic heterocycles. The highest BCUT2D eigenvalue weighted by Gasteiger charge is 2.28. The molecule has 10 heteroatoms. The van der Waals surface area contributed by atoms with E-state index in [2.05, 4.69) is 4.98 Å². The van der Waals surface area contributed by atoms with Gasteiger partial charge in [-0.3, -0.25) is 19.3 Å². The van der Waals surface area contributed by atoms with Crippen LogP contribution in [0.25, 0.3) is 0 Å². The van der Waals surface area contributed by atoms with Crippen molar-refractivity contribution in [2.45, 2.75) is 16.6 Å². The Bertz CT molecular complexity index is 1340. The third-order valence-electron chi connectivity index (χ3n) is 5.41. The molecule has 0 spiro atoms. The summed E-state index contributed by atoms with van der Waals surface area (Å²) in [5.41, 5.74) is 1.69. The van der Waals surface area contributed by atoms with Crippen molar-refractivity contribution in [1.82, 2.24) is 9.55 Å². The molecule has 0 fully saturated rings. The van der Waals surface area contributed by atoms with E-state index in [0.29, 0.717) is 29.4 Å². The van der Waals surface area contributed by atoms with Gasteiger partial charge in [0, 0.05) is 23.6 Å². The molecule has 8 nitrogen and oxygen atoms in total. The molecule has 0 aliphatic carbocycles. The fourth-order valence-electron chi connectivity index (χ4n) is 3.71. The third-order valence-corrected chi connectivity index (χ3v) is 7.11. The molecule has 2 aromatic carbocycles. The van der Waals surface area contributed by atoms with Crippen molar-refractivity contribution in [3.8, 4) is 23.1 Å². The predicted octanol–water partition coefficient (Wildman–Crippen LogP) is 4.53. The SMILES string of the molecule is COc1cc([C@H]2CC(c3c(O)n(C)c(=S)[nH]c3=O)=Nc3ccccc3S2)cc(OC)c1OC. The summed E-state index contributed by atoms with van der Waals surface area (Å²) in [5, 5.41) is 10.6. The molecule has 2 heterocycles. The van der Waals surface area contributed by atoms with E-state index in [1.807, 2.05) is 36.4 Å². The first-order valence-electron chi connectivity index (χ1n) is 10.0. The summed E-state index contributed by atoms with van der Waals surface area (Å²) in [5.74, 6) is 1.34. The van der Waals surface area contributed by atoms with Gasteiger partial charge in [-0.2, -0.15) is 0 Å². The topological polar surface area (TPSA) is 98.1 Å². The molecule has 0 saturated heterocycles. The molecule has 1 aliphatic rings. The van der Waals surface area contributed by atoms with Crippen LogP contribution >= 0.6 is 24.0 Å². The van der Waals surface area contributed by atoms with Crippen LogP contribution in [0.3, 0.4) is 0 Å². The largest absolute Gasteiger partial charge is 0.494 e. The zero-order valence-corrected chi connectivity index (χ0v) is 20.2. The van der Waals surface area contributed by atoms with Gasteiger partial charge in [0.15, 0.2) is 16.3 Å². The quantitative estimate of drug-likeness (QED) is 0.512. The zero-order chi connectivity index (χ0) is 23.7. The first kappa shape index (κ1) is 22.9. The van der Waals surface area contributed by atoms with Gasteiger partial charge in [-0.1, -0.05) is 12.1 Å². The molecule has 1 aliphatic heterocycles. The number of methoxy groups -OCH3 is 3. The zero-order valence-electron chi connectivity index (χ0n) is 18.5. The van der Waals surface area contributed by atoms with Crippen LogP contribution in [0.2, 0.25) is 0 Å². The van der Waals surface area contributed by atoms with Crippen molar-refractivity contribution < 1.29 is 19.3 Å². The van der Waals surface area contributed by atoms with Crippen LogP contribution in [0.4, 0.5) is 5.69 Å². The van der Waals surface area contributed by atoms with Gasteiger partial charge in [0.1, 0.15) is 5.56 Å². The summed E-state index contributed by atoms with van der Waals surface area (Å²) in [4.78, 5) is 21.2. The number of benzene rings is 2. The second-order valence-electron chi connectivity index (χ2n) is 7.31. The molecular formula is C23H23N3O5S2. The van der Waals surface area contributed by atoms with Crippen LogP contribution < -0.4 is 19.8 Å². The summed E-state index contributed by atoms with van der Waals surface area (Å²) in [7, 11) is 6.28. The average Bonchev–Trinajstić information content (AvgIpc) is 3.01. The van der Waals surface area contributed by atoms with E-state index >= 15 is 0 Å². The molecule has 1 atom stereocenters. The van der Waals surface area contributed by atoms with Crippen molar-refractivity contribution in [2.75, 3.05) is 21.3 Å². The number of fused-ring (bicyclic) bond motifs is 1. The lowest BCUT2D eigenvalue weighted by molar-refractivity contribution is 0.324. The summed E-state index contributed by atoms with van der Waals surface area (Å²) < 4.78 is 18.0. The number of rotatable bonds is 5. The van der Waals surface area contributed by atoms with Crippen molar-refractivity contribution in [2.24, 2.45) is 12.0 Å². The third kappa shape index (κ3) is 4.23. The maximum atomic E-state index is 12.8. The van der Waals surface area contributed by atoms with E-state index in [4.69, 9.17) is 31.4 Å². The van der Waals surface area contributed by atoms with Gasteiger partial charge in [0.25, 0.3) is 5.56 Å². The van der Waals surface area contributed by atoms with Gasteiger partial charge in [-0.25, -0.2) is 0 Å². The molecule has 0 amide bonds. The maximum absolute atomic E-state index is 12.8. The lowest BCUT2D eigenvalue weighted by Gasteiger charge is -2.20. The molecular weight excluding hydrogens is 462 g/mol. The predicted molar refractivity (Wildman–Crippen MR) is 130 cm³/mol. The Morgan fingerprint density at radius 2 is 1.82 bits per heavy atom. The first-order valence-corrected chi connectivity index (χ1v) is 11.3. The van der Waals surface area contributed by atoms with Crippen molar-refractivity contribution >= 4 is 35.4 Å². The van der Waals surface area contributed by atoms with E-state index < -0.39 is 5.56 Å². The van der Waals surface area contributed by atoms with E-state index in [0.717, 1.165) is 16.1 Å². The molecule has 172 valence electrons. The van der Waals surface area contributed by atoms with Crippen LogP contribution in [0.5, 0.6) is 23.1 Å². The van der Waals surface area contributed by atoms with E-state index in [-0.39, 0.29) is 21.5 Å². The number of hydrogen-bond donors (Lipinski definition) is 2. The minimum atomic E-state index is -0.484. The molecule has 3 aromatic rings. The van der Waals surface area contributed by atoms with Crippen molar-refractivity contribution in [1.29, 1.82) is 0 Å². The molecule has 0 unspecified atom stereocenters. The smallest absolute Gasteiger partial charge is 0.264 e.